The van der Waals surface area contributed by atoms with E-state index in [1.54, 1.807) is 25.1 Å². The van der Waals surface area contributed by atoms with E-state index in [-0.39, 0.29) is 4.90 Å². The Labute approximate surface area is 89.9 Å². The molecule has 0 spiro atoms. The minimum absolute atomic E-state index is 0.192. The molecule has 0 radical (unpaired) electrons. The van der Waals surface area contributed by atoms with Gasteiger partial charge in [-0.25, -0.2) is 12.7 Å². The summed E-state index contributed by atoms with van der Waals surface area (Å²) < 4.78 is 25.2. The van der Waals surface area contributed by atoms with Crippen molar-refractivity contribution in [3.63, 3.8) is 0 Å². The molecule has 0 aliphatic carbocycles. The van der Waals surface area contributed by atoms with Gasteiger partial charge in [0.25, 0.3) is 0 Å². The van der Waals surface area contributed by atoms with E-state index in [2.05, 4.69) is 5.43 Å². The number of nitrogen functional groups attached to an aromatic ring is 1. The Morgan fingerprint density at radius 1 is 1.40 bits per heavy atom. The SMILES string of the molecule is CCN(C)S(=O)(=O)c1ccccc1NN. The van der Waals surface area contributed by atoms with Gasteiger partial charge in [-0.1, -0.05) is 19.1 Å². The van der Waals surface area contributed by atoms with Crippen LogP contribution in [0.15, 0.2) is 29.2 Å². The van der Waals surface area contributed by atoms with Crippen molar-refractivity contribution in [2.45, 2.75) is 11.8 Å². The van der Waals surface area contributed by atoms with Crippen molar-refractivity contribution in [3.05, 3.63) is 24.3 Å². The standard InChI is InChI=1S/C9H15N3O2S/c1-3-12(2)15(13,14)9-7-5-4-6-8(9)11-10/h4-7,11H,3,10H2,1-2H3. The van der Waals surface area contributed by atoms with Crippen LogP contribution in [-0.4, -0.2) is 26.3 Å². The van der Waals surface area contributed by atoms with E-state index in [4.69, 9.17) is 5.84 Å². The Morgan fingerprint density at radius 2 is 2.00 bits per heavy atom. The molecule has 0 aliphatic heterocycles. The number of para-hydroxylation sites is 1. The van der Waals surface area contributed by atoms with E-state index in [9.17, 15) is 8.42 Å². The molecule has 6 heteroatoms. The van der Waals surface area contributed by atoms with Gasteiger partial charge in [0.2, 0.25) is 10.0 Å². The predicted molar refractivity (Wildman–Crippen MR) is 59.7 cm³/mol. The Balaban J connectivity index is 3.27. The number of hydrogen-bond acceptors (Lipinski definition) is 4. The van der Waals surface area contributed by atoms with Gasteiger partial charge in [0.15, 0.2) is 0 Å². The number of benzene rings is 1. The second-order valence-corrected chi connectivity index (χ2v) is 5.07. The predicted octanol–water partition coefficient (Wildman–Crippen LogP) is 0.613. The van der Waals surface area contributed by atoms with Crippen LogP contribution in [0.3, 0.4) is 0 Å². The third-order valence-electron chi connectivity index (χ3n) is 2.18. The van der Waals surface area contributed by atoms with Crippen LogP contribution in [0.25, 0.3) is 0 Å². The molecule has 84 valence electrons. The molecule has 0 heterocycles. The van der Waals surface area contributed by atoms with Crippen molar-refractivity contribution in [2.24, 2.45) is 5.84 Å². The third kappa shape index (κ3) is 2.28. The topological polar surface area (TPSA) is 75.4 Å². The first-order valence-corrected chi connectivity index (χ1v) is 6.00. The Kier molecular flexibility index (Phi) is 3.67. The molecule has 0 saturated heterocycles. The summed E-state index contributed by atoms with van der Waals surface area (Å²) in [6.07, 6.45) is 0. The van der Waals surface area contributed by atoms with Gasteiger partial charge in [-0.05, 0) is 12.1 Å². The van der Waals surface area contributed by atoms with E-state index in [1.807, 2.05) is 0 Å². The molecule has 15 heavy (non-hydrogen) atoms. The summed E-state index contributed by atoms with van der Waals surface area (Å²) in [4.78, 5) is 0.192. The molecule has 0 aliphatic rings. The fraction of sp³-hybridized carbons (Fsp3) is 0.333. The number of hydrogen-bond donors (Lipinski definition) is 2. The Bertz CT molecular complexity index is 431. The highest BCUT2D eigenvalue weighted by Crippen LogP contribution is 2.22. The van der Waals surface area contributed by atoms with Crippen LogP contribution < -0.4 is 11.3 Å². The van der Waals surface area contributed by atoms with Gasteiger partial charge in [0.1, 0.15) is 4.90 Å². The van der Waals surface area contributed by atoms with Gasteiger partial charge in [-0.2, -0.15) is 0 Å². The summed E-state index contributed by atoms with van der Waals surface area (Å²) in [6, 6.07) is 6.53. The molecule has 0 bridgehead atoms. The smallest absolute Gasteiger partial charge is 0.244 e. The second-order valence-electron chi connectivity index (χ2n) is 3.06. The van der Waals surface area contributed by atoms with Gasteiger partial charge < -0.3 is 5.43 Å². The van der Waals surface area contributed by atoms with Gasteiger partial charge in [0.05, 0.1) is 5.69 Å². The maximum Gasteiger partial charge on any atom is 0.244 e. The molecule has 5 nitrogen and oxygen atoms in total. The molecule has 0 fully saturated rings. The molecule has 1 rings (SSSR count). The van der Waals surface area contributed by atoms with Crippen LogP contribution >= 0.6 is 0 Å². The zero-order valence-corrected chi connectivity index (χ0v) is 9.58. The summed E-state index contributed by atoms with van der Waals surface area (Å²) >= 11 is 0. The van der Waals surface area contributed by atoms with Crippen LogP contribution in [0.1, 0.15) is 6.92 Å². The van der Waals surface area contributed by atoms with Crippen molar-refractivity contribution in [2.75, 3.05) is 19.0 Å². The number of nitrogens with zero attached hydrogens (tertiary/aromatic N) is 1. The molecule has 3 N–H and O–H groups in total. The number of nitrogens with two attached hydrogens (primary N) is 1. The summed E-state index contributed by atoms with van der Waals surface area (Å²) in [5.41, 5.74) is 2.78. The molecule has 0 amide bonds. The van der Waals surface area contributed by atoms with E-state index in [0.29, 0.717) is 12.2 Å². The van der Waals surface area contributed by atoms with Crippen molar-refractivity contribution < 1.29 is 8.42 Å². The number of rotatable bonds is 4. The highest BCUT2D eigenvalue weighted by molar-refractivity contribution is 7.89. The van der Waals surface area contributed by atoms with Gasteiger partial charge in [-0.3, -0.25) is 5.84 Å². The monoisotopic (exact) mass is 229 g/mol. The van der Waals surface area contributed by atoms with Crippen LogP contribution in [-0.2, 0) is 10.0 Å². The quantitative estimate of drug-likeness (QED) is 0.586. The van der Waals surface area contributed by atoms with Gasteiger partial charge in [0, 0.05) is 13.6 Å². The summed E-state index contributed by atoms with van der Waals surface area (Å²) in [5, 5.41) is 0. The second kappa shape index (κ2) is 4.61. The van der Waals surface area contributed by atoms with Crippen LogP contribution in [0.2, 0.25) is 0 Å². The minimum atomic E-state index is -3.44. The van der Waals surface area contributed by atoms with Crippen molar-refractivity contribution in [1.29, 1.82) is 0 Å². The van der Waals surface area contributed by atoms with Crippen LogP contribution in [0.5, 0.6) is 0 Å². The summed E-state index contributed by atoms with van der Waals surface area (Å²) in [7, 11) is -1.91. The minimum Gasteiger partial charge on any atom is -0.323 e. The maximum atomic E-state index is 12.0. The van der Waals surface area contributed by atoms with Crippen LogP contribution in [0, 0.1) is 0 Å². The normalized spacial score (nSPS) is 11.7. The molecule has 1 aromatic carbocycles. The van der Waals surface area contributed by atoms with Crippen molar-refractivity contribution in [1.82, 2.24) is 4.31 Å². The fourth-order valence-electron chi connectivity index (χ4n) is 1.15. The highest BCUT2D eigenvalue weighted by Gasteiger charge is 2.21. The van der Waals surface area contributed by atoms with E-state index >= 15 is 0 Å². The summed E-state index contributed by atoms with van der Waals surface area (Å²) in [5.74, 6) is 5.26. The molecule has 0 unspecified atom stereocenters. The van der Waals surface area contributed by atoms with Gasteiger partial charge in [-0.15, -0.1) is 0 Å². The van der Waals surface area contributed by atoms with Crippen molar-refractivity contribution >= 4 is 15.7 Å². The molecule has 0 saturated carbocycles. The lowest BCUT2D eigenvalue weighted by atomic mass is 10.3. The summed E-state index contributed by atoms with van der Waals surface area (Å²) in [6.45, 7) is 2.19. The van der Waals surface area contributed by atoms with E-state index < -0.39 is 10.0 Å². The first-order chi connectivity index (χ1) is 7.04. The third-order valence-corrected chi connectivity index (χ3v) is 4.17. The van der Waals surface area contributed by atoms with Crippen LogP contribution in [0.4, 0.5) is 5.69 Å². The lowest BCUT2D eigenvalue weighted by Crippen LogP contribution is -2.27. The molecular weight excluding hydrogens is 214 g/mol. The van der Waals surface area contributed by atoms with E-state index in [0.717, 1.165) is 0 Å². The Hall–Kier alpha value is -1.11. The maximum absolute atomic E-state index is 12.0. The van der Waals surface area contributed by atoms with Crippen molar-refractivity contribution in [3.8, 4) is 0 Å². The Morgan fingerprint density at radius 3 is 2.53 bits per heavy atom. The number of anilines is 1. The van der Waals surface area contributed by atoms with E-state index in [1.165, 1.54) is 17.4 Å². The number of sulfonamides is 1. The highest BCUT2D eigenvalue weighted by atomic mass is 32.2. The fourth-order valence-corrected chi connectivity index (χ4v) is 2.48. The molecule has 0 aromatic heterocycles. The average Bonchev–Trinajstić information content (AvgIpc) is 2.27. The molecule has 1 aromatic rings. The molecular formula is C9H15N3O2S. The zero-order chi connectivity index (χ0) is 11.5. The first kappa shape index (κ1) is 12.0. The first-order valence-electron chi connectivity index (χ1n) is 4.56. The zero-order valence-electron chi connectivity index (χ0n) is 8.77. The number of nitrogens with one attached hydrogen (secondary N) is 1. The number of hydrazine groups is 1. The largest absolute Gasteiger partial charge is 0.323 e. The lowest BCUT2D eigenvalue weighted by Gasteiger charge is -2.16. The average molecular weight is 229 g/mol. The van der Waals surface area contributed by atoms with Gasteiger partial charge >= 0.3 is 0 Å². The molecule has 0 atom stereocenters. The lowest BCUT2D eigenvalue weighted by molar-refractivity contribution is 0.486.